The molecule has 7 heteroatoms. The van der Waals surface area contributed by atoms with Gasteiger partial charge in [0.25, 0.3) is 0 Å². The molecule has 0 saturated carbocycles. The third kappa shape index (κ3) is 3.31. The van der Waals surface area contributed by atoms with Gasteiger partial charge in [-0.25, -0.2) is 4.39 Å². The fourth-order valence-corrected chi connectivity index (χ4v) is 3.09. The highest BCUT2D eigenvalue weighted by molar-refractivity contribution is 5.45. The fourth-order valence-electron chi connectivity index (χ4n) is 3.09. The van der Waals surface area contributed by atoms with Gasteiger partial charge >= 0.3 is 0 Å². The van der Waals surface area contributed by atoms with Crippen LogP contribution < -0.4 is 4.90 Å². The highest BCUT2D eigenvalue weighted by Crippen LogP contribution is 2.18. The number of benzene rings is 1. The molecule has 0 bridgehead atoms. The number of nitrogens with zero attached hydrogens (tertiary/aromatic N) is 6. The Balaban J connectivity index is 1.37. The van der Waals surface area contributed by atoms with Crippen LogP contribution in [0.5, 0.6) is 0 Å². The van der Waals surface area contributed by atoms with Crippen LogP contribution in [-0.4, -0.2) is 50.9 Å². The number of hydrogen-bond acceptors (Lipinski definition) is 5. The summed E-state index contributed by atoms with van der Waals surface area (Å²) in [7, 11) is 0. The summed E-state index contributed by atoms with van der Waals surface area (Å²) in [4.78, 5) is 4.54. The second-order valence-corrected chi connectivity index (χ2v) is 6.17. The molecular formula is C18H19FN6. The van der Waals surface area contributed by atoms with E-state index in [9.17, 15) is 4.39 Å². The van der Waals surface area contributed by atoms with Crippen LogP contribution in [0.1, 0.15) is 5.56 Å². The lowest BCUT2D eigenvalue weighted by molar-refractivity contribution is 0.315. The Morgan fingerprint density at radius 1 is 1.04 bits per heavy atom. The van der Waals surface area contributed by atoms with Crippen LogP contribution in [0, 0.1) is 5.82 Å². The standard InChI is InChI=1S/C18H19FN6/c1-14(12-15-2-4-16(19)5-3-15)23-8-10-24(11-9-23)18-7-6-17-21-20-13-25(17)22-18/h2-7,13H,1,8-12H2. The zero-order valence-corrected chi connectivity index (χ0v) is 13.8. The van der Waals surface area contributed by atoms with Crippen molar-refractivity contribution in [3.05, 3.63) is 66.4 Å². The minimum Gasteiger partial charge on any atom is -0.371 e. The predicted molar refractivity (Wildman–Crippen MR) is 93.8 cm³/mol. The first-order valence-electron chi connectivity index (χ1n) is 8.28. The van der Waals surface area contributed by atoms with Crippen molar-refractivity contribution in [1.29, 1.82) is 0 Å². The molecule has 128 valence electrons. The van der Waals surface area contributed by atoms with Crippen LogP contribution in [0.15, 0.2) is 55.0 Å². The van der Waals surface area contributed by atoms with E-state index < -0.39 is 0 Å². The largest absolute Gasteiger partial charge is 0.371 e. The number of fused-ring (bicyclic) bond motifs is 1. The average Bonchev–Trinajstić information content (AvgIpc) is 3.11. The smallest absolute Gasteiger partial charge is 0.177 e. The predicted octanol–water partition coefficient (Wildman–Crippen LogP) is 2.14. The molecule has 0 unspecified atom stereocenters. The summed E-state index contributed by atoms with van der Waals surface area (Å²) in [6.45, 7) is 7.74. The molecule has 1 saturated heterocycles. The minimum atomic E-state index is -0.208. The Hall–Kier alpha value is -2.96. The van der Waals surface area contributed by atoms with E-state index in [0.717, 1.165) is 55.3 Å². The van der Waals surface area contributed by atoms with Gasteiger partial charge in [0.15, 0.2) is 5.65 Å². The monoisotopic (exact) mass is 338 g/mol. The van der Waals surface area contributed by atoms with Gasteiger partial charge < -0.3 is 9.80 Å². The number of halogens is 1. The summed E-state index contributed by atoms with van der Waals surface area (Å²) in [6.07, 6.45) is 2.35. The highest BCUT2D eigenvalue weighted by atomic mass is 19.1. The molecule has 0 radical (unpaired) electrons. The van der Waals surface area contributed by atoms with Crippen molar-refractivity contribution in [1.82, 2.24) is 24.7 Å². The topological polar surface area (TPSA) is 49.6 Å². The van der Waals surface area contributed by atoms with E-state index in [1.807, 2.05) is 24.3 Å². The van der Waals surface area contributed by atoms with Gasteiger partial charge in [-0.2, -0.15) is 4.52 Å². The van der Waals surface area contributed by atoms with Gasteiger partial charge in [0.2, 0.25) is 0 Å². The van der Waals surface area contributed by atoms with E-state index in [1.165, 1.54) is 12.1 Å². The molecule has 4 rings (SSSR count). The van der Waals surface area contributed by atoms with Gasteiger partial charge in [-0.05, 0) is 29.8 Å². The molecule has 25 heavy (non-hydrogen) atoms. The SMILES string of the molecule is C=C(Cc1ccc(F)cc1)N1CCN(c2ccc3nncn3n2)CC1. The third-order valence-electron chi connectivity index (χ3n) is 4.52. The molecule has 1 fully saturated rings. The van der Waals surface area contributed by atoms with Gasteiger partial charge in [0.1, 0.15) is 18.0 Å². The lowest BCUT2D eigenvalue weighted by atomic mass is 10.1. The average molecular weight is 338 g/mol. The Bertz CT molecular complexity index is 880. The molecule has 2 aromatic heterocycles. The zero-order chi connectivity index (χ0) is 17.2. The maximum Gasteiger partial charge on any atom is 0.177 e. The molecule has 3 aromatic rings. The van der Waals surface area contributed by atoms with E-state index in [0.29, 0.717) is 0 Å². The second-order valence-electron chi connectivity index (χ2n) is 6.17. The van der Waals surface area contributed by atoms with E-state index >= 15 is 0 Å². The summed E-state index contributed by atoms with van der Waals surface area (Å²) < 4.78 is 14.7. The van der Waals surface area contributed by atoms with Crippen LogP contribution in [0.4, 0.5) is 10.2 Å². The number of hydrogen-bond donors (Lipinski definition) is 0. The molecule has 1 aliphatic rings. The lowest BCUT2D eigenvalue weighted by Gasteiger charge is -2.37. The molecule has 6 nitrogen and oxygen atoms in total. The molecule has 0 atom stereocenters. The van der Waals surface area contributed by atoms with Gasteiger partial charge in [0, 0.05) is 38.3 Å². The summed E-state index contributed by atoms with van der Waals surface area (Å²) in [5.74, 6) is 0.719. The summed E-state index contributed by atoms with van der Waals surface area (Å²) in [5.41, 5.74) is 2.89. The Morgan fingerprint density at radius 3 is 2.56 bits per heavy atom. The molecule has 0 amide bonds. The number of aromatic nitrogens is 4. The number of rotatable bonds is 4. The van der Waals surface area contributed by atoms with E-state index in [4.69, 9.17) is 0 Å². The highest BCUT2D eigenvalue weighted by Gasteiger charge is 2.19. The van der Waals surface area contributed by atoms with Gasteiger partial charge in [-0.15, -0.1) is 15.3 Å². The molecule has 0 aliphatic carbocycles. The minimum absolute atomic E-state index is 0.208. The third-order valence-corrected chi connectivity index (χ3v) is 4.52. The normalized spacial score (nSPS) is 14.9. The maximum absolute atomic E-state index is 13.0. The van der Waals surface area contributed by atoms with E-state index in [2.05, 4.69) is 31.7 Å². The second kappa shape index (κ2) is 6.51. The van der Waals surface area contributed by atoms with E-state index in [1.54, 1.807) is 10.8 Å². The van der Waals surface area contributed by atoms with Crippen LogP contribution in [0.25, 0.3) is 5.65 Å². The van der Waals surface area contributed by atoms with Crippen LogP contribution >= 0.6 is 0 Å². The fraction of sp³-hybridized carbons (Fsp3) is 0.278. The van der Waals surface area contributed by atoms with Crippen LogP contribution in [0.2, 0.25) is 0 Å². The first-order valence-corrected chi connectivity index (χ1v) is 8.28. The van der Waals surface area contributed by atoms with Crippen LogP contribution in [0.3, 0.4) is 0 Å². The van der Waals surface area contributed by atoms with Crippen molar-refractivity contribution in [2.24, 2.45) is 0 Å². The summed E-state index contributed by atoms with van der Waals surface area (Å²) >= 11 is 0. The molecule has 0 N–H and O–H groups in total. The summed E-state index contributed by atoms with van der Waals surface area (Å²) in [6, 6.07) is 10.5. The van der Waals surface area contributed by atoms with Gasteiger partial charge in [0.05, 0.1) is 0 Å². The molecule has 1 aromatic carbocycles. The summed E-state index contributed by atoms with van der Waals surface area (Å²) in [5, 5.41) is 12.4. The van der Waals surface area contributed by atoms with Crippen molar-refractivity contribution in [3.63, 3.8) is 0 Å². The zero-order valence-electron chi connectivity index (χ0n) is 13.8. The first-order chi connectivity index (χ1) is 12.2. The van der Waals surface area contributed by atoms with Crippen molar-refractivity contribution >= 4 is 11.5 Å². The van der Waals surface area contributed by atoms with Crippen molar-refractivity contribution in [2.45, 2.75) is 6.42 Å². The lowest BCUT2D eigenvalue weighted by Crippen LogP contribution is -2.46. The molecule has 0 spiro atoms. The Labute approximate surface area is 145 Å². The molecule has 1 aliphatic heterocycles. The Kier molecular flexibility index (Phi) is 4.05. The Morgan fingerprint density at radius 2 is 1.80 bits per heavy atom. The number of allylic oxidation sites excluding steroid dienone is 1. The van der Waals surface area contributed by atoms with Crippen molar-refractivity contribution in [2.75, 3.05) is 31.1 Å². The molecular weight excluding hydrogens is 319 g/mol. The first kappa shape index (κ1) is 15.6. The number of piperazine rings is 1. The van der Waals surface area contributed by atoms with Gasteiger partial charge in [-0.3, -0.25) is 0 Å². The maximum atomic E-state index is 13.0. The quantitative estimate of drug-likeness (QED) is 0.729. The molecule has 3 heterocycles. The van der Waals surface area contributed by atoms with E-state index in [-0.39, 0.29) is 5.82 Å². The number of anilines is 1. The van der Waals surface area contributed by atoms with Crippen molar-refractivity contribution < 1.29 is 4.39 Å². The van der Waals surface area contributed by atoms with Crippen molar-refractivity contribution in [3.8, 4) is 0 Å². The van der Waals surface area contributed by atoms with Crippen LogP contribution in [-0.2, 0) is 6.42 Å². The van der Waals surface area contributed by atoms with Gasteiger partial charge in [-0.1, -0.05) is 18.7 Å².